The fourth-order valence-electron chi connectivity index (χ4n) is 18.2. The number of rotatable bonds is 87. The standard InChI is InChI=1S/C98H189O17P/c1-4-6-8-10-12-14-16-18-20-22-23-24-25-26-29-33-40-46-52-58-64-70-76-85(96(107)111-80-88-90(101)92(103)94(105)97(113-88)115-98-95(106)93(104)91(102)89(114-98)81-112-116(108,109)110)87(100)78-72-66-60-54-48-42-34-30-27-28-32-38-44-50-56-62-68-74-83-79-84(83)75-69-63-57-51-45-39-35-36-41-47-53-59-65-71-77-86(99)82(3)73-67-61-55-49-43-37-31-21-19-17-15-13-11-9-7-5-2/h82-85,87-95,97-98,100-106H,4-81H2,1-3H3,(H2,108,109,110)/t82?,83?,84?,85?,87-,88-,89-,90-,91-,92+,93+,94-,95-,97-,98-/m1/s1. The highest BCUT2D eigenvalue weighted by Crippen LogP contribution is 2.46. The molecule has 0 aromatic carbocycles. The van der Waals surface area contributed by atoms with Gasteiger partial charge in [0.1, 0.15) is 61.2 Å². The van der Waals surface area contributed by atoms with E-state index in [1.165, 1.54) is 405 Å². The van der Waals surface area contributed by atoms with Gasteiger partial charge < -0.3 is 64.5 Å². The molecular weight excluding hydrogens is 1480 g/mol. The average Bonchev–Trinajstić information content (AvgIpc) is 0.973. The van der Waals surface area contributed by atoms with Crippen LogP contribution in [0, 0.1) is 23.7 Å². The van der Waals surface area contributed by atoms with Crippen LogP contribution in [0.4, 0.5) is 0 Å². The number of unbranched alkanes of at least 4 members (excludes halogenated alkanes) is 65. The van der Waals surface area contributed by atoms with Crippen LogP contribution >= 0.6 is 7.82 Å². The minimum absolute atomic E-state index is 0.264. The summed E-state index contributed by atoms with van der Waals surface area (Å²) in [4.78, 5) is 45.0. The van der Waals surface area contributed by atoms with Gasteiger partial charge in [-0.2, -0.15) is 0 Å². The summed E-state index contributed by atoms with van der Waals surface area (Å²) in [5.74, 6) is 1.35. The van der Waals surface area contributed by atoms with Crippen molar-refractivity contribution in [3.63, 3.8) is 0 Å². The Bertz CT molecular complexity index is 2230. The lowest BCUT2D eigenvalue weighted by atomic mass is 9.91. The molecule has 2 aliphatic heterocycles. The molecule has 0 spiro atoms. The lowest BCUT2D eigenvalue weighted by Crippen LogP contribution is -2.64. The maximum Gasteiger partial charge on any atom is 0.469 e. The molecule has 2 saturated heterocycles. The van der Waals surface area contributed by atoms with Crippen molar-refractivity contribution >= 4 is 19.6 Å². The van der Waals surface area contributed by atoms with Gasteiger partial charge in [-0.25, -0.2) is 4.57 Å². The minimum Gasteiger partial charge on any atom is -0.463 e. The van der Waals surface area contributed by atoms with E-state index < -0.39 is 100 Å². The van der Waals surface area contributed by atoms with Crippen molar-refractivity contribution in [2.24, 2.45) is 23.7 Å². The predicted octanol–water partition coefficient (Wildman–Crippen LogP) is 25.4. The number of ether oxygens (including phenoxy) is 4. The quantitative estimate of drug-likeness (QED) is 0.0155. The molecular formula is C98H189O17P. The van der Waals surface area contributed by atoms with Gasteiger partial charge in [0.15, 0.2) is 12.6 Å². The molecule has 9 N–H and O–H groups in total. The van der Waals surface area contributed by atoms with Crippen LogP contribution in [0.15, 0.2) is 0 Å². The van der Waals surface area contributed by atoms with E-state index in [1.807, 2.05) is 0 Å². The highest BCUT2D eigenvalue weighted by atomic mass is 31.2. The summed E-state index contributed by atoms with van der Waals surface area (Å²) >= 11 is 0. The molecule has 3 fully saturated rings. The molecule has 1 aliphatic carbocycles. The Labute approximate surface area is 712 Å². The monoisotopic (exact) mass is 1670 g/mol. The smallest absolute Gasteiger partial charge is 0.463 e. The first kappa shape index (κ1) is 109. The molecule has 3 aliphatic rings. The lowest BCUT2D eigenvalue weighted by Gasteiger charge is -2.44. The highest BCUT2D eigenvalue weighted by Gasteiger charge is 2.51. The van der Waals surface area contributed by atoms with Gasteiger partial charge in [-0.05, 0) is 43.9 Å². The number of phosphoric acid groups is 1. The first-order chi connectivity index (χ1) is 56.5. The first-order valence-electron chi connectivity index (χ1n) is 50.6. The summed E-state index contributed by atoms with van der Waals surface area (Å²) in [6, 6.07) is 0. The summed E-state index contributed by atoms with van der Waals surface area (Å²) in [5, 5.41) is 75.7. The van der Waals surface area contributed by atoms with Gasteiger partial charge in [-0.1, -0.05) is 470 Å². The topological polar surface area (TPSA) is 279 Å². The zero-order valence-electron chi connectivity index (χ0n) is 75.6. The predicted molar refractivity (Wildman–Crippen MR) is 476 cm³/mol. The Balaban J connectivity index is 1.14. The SMILES string of the molecule is CCCCCCCCCCCCCCCCCCCCCCCCC(C(=O)OC[C@H]1O[C@H](O[C@H]2O[C@H](COP(=O)(O)O)[C@@H](O)[C@H](O)[C@H]2O)[C@H](O)[C@@H](O)[C@@H]1O)[C@H](O)CCCCCCCCCCCCCCCCCCCC1CC1CCCCCCCCCCCCCCCCC(=O)C(C)CCCCCCCCCCCCCCCCCC. The molecule has 2 heterocycles. The third kappa shape index (κ3) is 58.9. The van der Waals surface area contributed by atoms with Crippen molar-refractivity contribution in [3.8, 4) is 0 Å². The highest BCUT2D eigenvalue weighted by molar-refractivity contribution is 7.46. The third-order valence-electron chi connectivity index (χ3n) is 26.5. The van der Waals surface area contributed by atoms with E-state index in [0.717, 1.165) is 82.5 Å². The summed E-state index contributed by atoms with van der Waals surface area (Å²) in [6.07, 6.45) is 79.1. The third-order valence-corrected chi connectivity index (χ3v) is 27.0. The van der Waals surface area contributed by atoms with Crippen LogP contribution in [0.2, 0.25) is 0 Å². The van der Waals surface area contributed by atoms with E-state index in [2.05, 4.69) is 25.3 Å². The van der Waals surface area contributed by atoms with Crippen molar-refractivity contribution in [3.05, 3.63) is 0 Å². The van der Waals surface area contributed by atoms with Crippen LogP contribution in [0.1, 0.15) is 509 Å². The molecule has 18 heteroatoms. The normalized spacial score (nSPS) is 22.5. The van der Waals surface area contributed by atoms with Crippen molar-refractivity contribution in [2.45, 2.75) is 576 Å². The van der Waals surface area contributed by atoms with Crippen molar-refractivity contribution in [2.75, 3.05) is 13.2 Å². The summed E-state index contributed by atoms with van der Waals surface area (Å²) in [5.41, 5.74) is 0. The van der Waals surface area contributed by atoms with Gasteiger partial charge in [0.25, 0.3) is 0 Å². The van der Waals surface area contributed by atoms with E-state index in [9.17, 15) is 49.9 Å². The van der Waals surface area contributed by atoms with Crippen LogP contribution in [-0.2, 0) is 37.6 Å². The maximum absolute atomic E-state index is 13.9. The molecule has 0 radical (unpaired) electrons. The van der Waals surface area contributed by atoms with Gasteiger partial charge in [-0.15, -0.1) is 0 Å². The molecule has 0 aromatic rings. The van der Waals surface area contributed by atoms with Crippen LogP contribution in [0.25, 0.3) is 0 Å². The Kier molecular flexibility index (Phi) is 70.7. The summed E-state index contributed by atoms with van der Waals surface area (Å²) in [6.45, 7) is 5.26. The number of aliphatic hydroxyl groups excluding tert-OH is 7. The van der Waals surface area contributed by atoms with Crippen LogP contribution in [-0.4, -0.2) is 138 Å². The van der Waals surface area contributed by atoms with Crippen molar-refractivity contribution in [1.82, 2.24) is 0 Å². The minimum atomic E-state index is -5.03. The number of ketones is 1. The van der Waals surface area contributed by atoms with E-state index in [4.69, 9.17) is 28.7 Å². The number of Topliss-reactive ketones (excluding diaryl/α,β-unsaturated/α-hetero) is 1. The number of esters is 1. The Morgan fingerprint density at radius 2 is 0.595 bits per heavy atom. The van der Waals surface area contributed by atoms with E-state index in [0.29, 0.717) is 18.6 Å². The second kappa shape index (κ2) is 75.2. The maximum atomic E-state index is 13.9. The number of phosphoric ester groups is 1. The first-order valence-corrected chi connectivity index (χ1v) is 52.1. The number of carbonyl (C=O) groups is 2. The summed E-state index contributed by atoms with van der Waals surface area (Å²) < 4.78 is 38.2. The number of carbonyl (C=O) groups excluding carboxylic acids is 2. The zero-order chi connectivity index (χ0) is 84.0. The van der Waals surface area contributed by atoms with E-state index in [-0.39, 0.29) is 5.92 Å². The largest absolute Gasteiger partial charge is 0.469 e. The Morgan fingerprint density at radius 1 is 0.336 bits per heavy atom. The molecule has 0 aromatic heterocycles. The fraction of sp³-hybridized carbons (Fsp3) is 0.980. The van der Waals surface area contributed by atoms with E-state index in [1.54, 1.807) is 0 Å². The summed E-state index contributed by atoms with van der Waals surface area (Å²) in [7, 11) is -5.03. The second-order valence-corrected chi connectivity index (χ2v) is 38.5. The van der Waals surface area contributed by atoms with E-state index >= 15 is 0 Å². The molecule has 0 bridgehead atoms. The average molecular weight is 1670 g/mol. The second-order valence-electron chi connectivity index (χ2n) is 37.3. The van der Waals surface area contributed by atoms with Crippen LogP contribution in [0.3, 0.4) is 0 Å². The van der Waals surface area contributed by atoms with Crippen LogP contribution in [0.5, 0.6) is 0 Å². The molecule has 4 unspecified atom stereocenters. The Hall–Kier alpha value is -1.15. The molecule has 0 amide bonds. The fourth-order valence-corrected chi connectivity index (χ4v) is 18.6. The number of hydrogen-bond acceptors (Lipinski definition) is 15. The van der Waals surface area contributed by atoms with Gasteiger partial charge in [0.05, 0.1) is 18.6 Å². The number of hydrogen-bond donors (Lipinski definition) is 9. The van der Waals surface area contributed by atoms with Gasteiger partial charge in [-0.3, -0.25) is 14.1 Å². The van der Waals surface area contributed by atoms with Gasteiger partial charge in [0, 0.05) is 12.3 Å². The van der Waals surface area contributed by atoms with Gasteiger partial charge >= 0.3 is 13.8 Å². The van der Waals surface area contributed by atoms with Crippen molar-refractivity contribution in [1.29, 1.82) is 0 Å². The lowest BCUT2D eigenvalue weighted by molar-refractivity contribution is -0.376. The molecule has 1 saturated carbocycles. The van der Waals surface area contributed by atoms with Crippen LogP contribution < -0.4 is 0 Å². The molecule has 116 heavy (non-hydrogen) atoms. The molecule has 3 rings (SSSR count). The van der Waals surface area contributed by atoms with Crippen molar-refractivity contribution < 1.29 is 83.2 Å². The molecule has 17 nitrogen and oxygen atoms in total. The molecule has 15 atom stereocenters. The Morgan fingerprint density at radius 3 is 0.897 bits per heavy atom. The number of aliphatic hydroxyl groups is 7. The van der Waals surface area contributed by atoms with Gasteiger partial charge in [0.2, 0.25) is 0 Å². The zero-order valence-corrected chi connectivity index (χ0v) is 76.4. The molecule has 688 valence electrons.